The molecule has 1 N–H and O–H groups in total. The topological polar surface area (TPSA) is 73.9 Å². The maximum Gasteiger partial charge on any atom is 0.306 e. The van der Waals surface area contributed by atoms with Gasteiger partial charge in [-0.05, 0) is 111 Å². The van der Waals surface area contributed by atoms with Gasteiger partial charge in [0, 0.05) is 37.0 Å². The van der Waals surface area contributed by atoms with E-state index in [2.05, 4.69) is 114 Å². The summed E-state index contributed by atoms with van der Waals surface area (Å²) in [4.78, 5) is 26.4. The van der Waals surface area contributed by atoms with Gasteiger partial charge in [0.05, 0.1) is 0 Å². The summed E-state index contributed by atoms with van der Waals surface area (Å²) in [6.45, 7) is 17.9. The summed E-state index contributed by atoms with van der Waals surface area (Å²) in [7, 11) is -2.57. The minimum absolute atomic E-state index is 0.000653. The van der Waals surface area contributed by atoms with Crippen molar-refractivity contribution >= 4 is 54.2 Å². The van der Waals surface area contributed by atoms with Crippen LogP contribution in [0.4, 0.5) is 0 Å². The van der Waals surface area contributed by atoms with E-state index in [1.807, 2.05) is 23.5 Å². The molecule has 0 aliphatic carbocycles. The molecule has 0 saturated heterocycles. The number of carbonyl (C=O) groups is 2. The van der Waals surface area contributed by atoms with E-state index in [9.17, 15) is 9.59 Å². The van der Waals surface area contributed by atoms with E-state index in [-0.39, 0.29) is 29.2 Å². The van der Waals surface area contributed by atoms with E-state index in [1.165, 1.54) is 139 Å². The molecule has 0 aliphatic rings. The molecule has 2 rings (SSSR count). The highest BCUT2D eigenvalue weighted by Crippen LogP contribution is 2.37. The van der Waals surface area contributed by atoms with E-state index in [1.54, 1.807) is 0 Å². The quantitative estimate of drug-likeness (QED) is 0.0399. The van der Waals surface area contributed by atoms with Gasteiger partial charge >= 0.3 is 11.9 Å². The summed E-state index contributed by atoms with van der Waals surface area (Å²) >= 11 is 3.98. The van der Waals surface area contributed by atoms with Crippen LogP contribution < -0.4 is 15.7 Å². The Hall–Kier alpha value is -1.78. The molecule has 438 valence electrons. The van der Waals surface area contributed by atoms with Crippen LogP contribution in [0.5, 0.6) is 0 Å². The maximum absolute atomic E-state index is 13.2. The zero-order chi connectivity index (χ0) is 55.1. The summed E-state index contributed by atoms with van der Waals surface area (Å²) in [6.07, 6.45) is 41.6. The van der Waals surface area contributed by atoms with Crippen LogP contribution in [0.1, 0.15) is 280 Å². The van der Waals surface area contributed by atoms with Crippen LogP contribution in [0.15, 0.2) is 60.7 Å². The monoisotopic (exact) mass is 1110 g/mol. The first kappa shape index (κ1) is 70.3. The first-order valence-electron chi connectivity index (χ1n) is 32.1. The standard InChI is InChI=1S/C67H119NO5S2Si/c1-8-12-16-20-22-24-34-52-65(69)72-61(58-74-56-42-26-18-14-10-3)46-38-36-44-60(68-54-40-41-55-71-76(67(5,6)7,63-48-30-28-31-49-63)64-50-32-29-33-51-64)45-37-39-47-62(59-75-57-43-27-19-15-11-4)73-66(70)53-35-25-23-21-17-13-9-2/h28-33,48-51,60-62,68H,8-27,34-47,52-59H2,1-7H3. The van der Waals surface area contributed by atoms with Crippen molar-refractivity contribution < 1.29 is 23.5 Å². The Labute approximate surface area is 480 Å². The van der Waals surface area contributed by atoms with Crippen LogP contribution in [0.2, 0.25) is 5.04 Å². The van der Waals surface area contributed by atoms with Crippen molar-refractivity contribution in [3.05, 3.63) is 60.7 Å². The Bertz CT molecular complexity index is 1510. The molecule has 2 unspecified atom stereocenters. The number of thioether (sulfide) groups is 2. The predicted octanol–water partition coefficient (Wildman–Crippen LogP) is 18.9. The van der Waals surface area contributed by atoms with Crippen LogP contribution >= 0.6 is 23.5 Å². The first-order chi connectivity index (χ1) is 37.1. The van der Waals surface area contributed by atoms with E-state index in [0.717, 1.165) is 126 Å². The van der Waals surface area contributed by atoms with Crippen LogP contribution in [-0.4, -0.2) is 74.7 Å². The predicted molar refractivity (Wildman–Crippen MR) is 339 cm³/mol. The van der Waals surface area contributed by atoms with Crippen molar-refractivity contribution in [1.82, 2.24) is 5.32 Å². The number of rotatable bonds is 53. The highest BCUT2D eigenvalue weighted by Gasteiger charge is 2.50. The molecule has 0 fully saturated rings. The summed E-state index contributed by atoms with van der Waals surface area (Å²) in [5, 5.41) is 6.68. The third kappa shape index (κ3) is 34.4. The number of ether oxygens (including phenoxy) is 2. The van der Waals surface area contributed by atoms with Gasteiger partial charge in [-0.3, -0.25) is 9.59 Å². The summed E-state index contributed by atoms with van der Waals surface area (Å²) in [5.74, 6) is 4.15. The summed E-state index contributed by atoms with van der Waals surface area (Å²) < 4.78 is 19.8. The van der Waals surface area contributed by atoms with Gasteiger partial charge in [-0.2, -0.15) is 23.5 Å². The lowest BCUT2D eigenvalue weighted by atomic mass is 10.00. The highest BCUT2D eigenvalue weighted by molar-refractivity contribution is 7.99. The second-order valence-corrected chi connectivity index (χ2v) is 30.0. The summed E-state index contributed by atoms with van der Waals surface area (Å²) in [5.41, 5.74) is 0. The third-order valence-corrected chi connectivity index (χ3v) is 22.8. The lowest BCUT2D eigenvalue weighted by molar-refractivity contribution is -0.149. The molecular weight excluding hydrogens is 991 g/mol. The van der Waals surface area contributed by atoms with Gasteiger partial charge in [0.2, 0.25) is 0 Å². The molecule has 0 heterocycles. The van der Waals surface area contributed by atoms with Crippen LogP contribution in [0.25, 0.3) is 0 Å². The molecule has 0 spiro atoms. The van der Waals surface area contributed by atoms with Gasteiger partial charge in [-0.1, -0.05) is 250 Å². The number of unbranched alkanes of at least 4 members (excludes halogenated alkanes) is 23. The molecule has 2 aromatic rings. The molecular formula is C67H119NO5S2Si. The van der Waals surface area contributed by atoms with E-state index in [0.29, 0.717) is 18.9 Å². The summed E-state index contributed by atoms with van der Waals surface area (Å²) in [6, 6.07) is 22.4. The molecule has 0 aromatic heterocycles. The van der Waals surface area contributed by atoms with Gasteiger partial charge in [-0.15, -0.1) is 0 Å². The van der Waals surface area contributed by atoms with E-state index in [4.69, 9.17) is 13.9 Å². The van der Waals surface area contributed by atoms with Crippen molar-refractivity contribution in [2.24, 2.45) is 0 Å². The van der Waals surface area contributed by atoms with Gasteiger partial charge < -0.3 is 19.2 Å². The fourth-order valence-corrected chi connectivity index (χ4v) is 17.5. The first-order valence-corrected chi connectivity index (χ1v) is 36.4. The van der Waals surface area contributed by atoms with E-state index < -0.39 is 8.32 Å². The minimum Gasteiger partial charge on any atom is -0.461 e. The van der Waals surface area contributed by atoms with Crippen LogP contribution in [0, 0.1) is 0 Å². The fourth-order valence-electron chi connectivity index (χ4n) is 10.7. The zero-order valence-electron chi connectivity index (χ0n) is 50.6. The molecule has 0 amide bonds. The molecule has 0 bridgehead atoms. The average Bonchev–Trinajstić information content (AvgIpc) is 3.42. The molecule has 0 radical (unpaired) electrons. The van der Waals surface area contributed by atoms with Crippen molar-refractivity contribution in [3.8, 4) is 0 Å². The van der Waals surface area contributed by atoms with Gasteiger partial charge in [0.15, 0.2) is 0 Å². The number of hydrogen-bond donors (Lipinski definition) is 1. The Morgan fingerprint density at radius 1 is 0.461 bits per heavy atom. The van der Waals surface area contributed by atoms with E-state index >= 15 is 0 Å². The smallest absolute Gasteiger partial charge is 0.306 e. The SMILES string of the molecule is CCCCCCCCCC(=O)OC(CCCCC(CCCCC(CSCCCCCCC)OC(=O)CCCCCCCCC)NCCCCO[Si](c1ccccc1)(c1ccccc1)C(C)(C)C)CSCCCCCCC. The minimum atomic E-state index is -2.57. The maximum atomic E-state index is 13.2. The molecule has 76 heavy (non-hydrogen) atoms. The number of nitrogens with one attached hydrogen (secondary N) is 1. The Kier molecular flexibility index (Phi) is 44.4. The normalized spacial score (nSPS) is 13.2. The number of esters is 2. The molecule has 6 nitrogen and oxygen atoms in total. The Morgan fingerprint density at radius 3 is 1.22 bits per heavy atom. The molecule has 0 saturated carbocycles. The van der Waals surface area contributed by atoms with Gasteiger partial charge in [-0.25, -0.2) is 0 Å². The Balaban J connectivity index is 2.10. The lowest BCUT2D eigenvalue weighted by Gasteiger charge is -2.43. The van der Waals surface area contributed by atoms with Gasteiger partial charge in [0.25, 0.3) is 8.32 Å². The highest BCUT2D eigenvalue weighted by atomic mass is 32.2. The number of hydrogen-bond acceptors (Lipinski definition) is 8. The van der Waals surface area contributed by atoms with Crippen LogP contribution in [0.3, 0.4) is 0 Å². The van der Waals surface area contributed by atoms with Crippen molar-refractivity contribution in [1.29, 1.82) is 0 Å². The molecule has 2 aromatic carbocycles. The largest absolute Gasteiger partial charge is 0.461 e. The fraction of sp³-hybridized carbons (Fsp3) is 0.791. The second-order valence-electron chi connectivity index (χ2n) is 23.4. The molecule has 9 heteroatoms. The number of benzene rings is 2. The number of carbonyl (C=O) groups excluding carboxylic acids is 2. The van der Waals surface area contributed by atoms with Crippen LogP contribution in [-0.2, 0) is 23.5 Å². The Morgan fingerprint density at radius 2 is 0.829 bits per heavy atom. The molecule has 0 aliphatic heterocycles. The van der Waals surface area contributed by atoms with Crippen molar-refractivity contribution in [2.75, 3.05) is 36.2 Å². The lowest BCUT2D eigenvalue weighted by Crippen LogP contribution is -2.66. The molecule has 2 atom stereocenters. The van der Waals surface area contributed by atoms with Gasteiger partial charge in [0.1, 0.15) is 12.2 Å². The average molecular weight is 1110 g/mol. The van der Waals surface area contributed by atoms with Crippen molar-refractivity contribution in [3.63, 3.8) is 0 Å². The zero-order valence-corrected chi connectivity index (χ0v) is 53.2. The second kappa shape index (κ2) is 48.0. The van der Waals surface area contributed by atoms with Crippen molar-refractivity contribution in [2.45, 2.75) is 303 Å². The third-order valence-electron chi connectivity index (χ3n) is 15.4.